The van der Waals surface area contributed by atoms with Crippen molar-refractivity contribution in [3.63, 3.8) is 0 Å². The van der Waals surface area contributed by atoms with Crippen molar-refractivity contribution in [2.45, 2.75) is 19.8 Å². The number of amides is 1. The van der Waals surface area contributed by atoms with Crippen LogP contribution in [-0.4, -0.2) is 24.2 Å². The van der Waals surface area contributed by atoms with Gasteiger partial charge in [-0.1, -0.05) is 24.3 Å². The monoisotopic (exact) mass is 301 g/mol. The molecular formula is C18H20FNO2. The molecule has 22 heavy (non-hydrogen) atoms. The molecule has 2 aromatic carbocycles. The fraction of sp³-hybridized carbons (Fsp3) is 0.278. The summed E-state index contributed by atoms with van der Waals surface area (Å²) in [5, 5.41) is 11.5. The smallest absolute Gasteiger partial charge is 0.251 e. The van der Waals surface area contributed by atoms with Crippen molar-refractivity contribution in [1.82, 2.24) is 5.32 Å². The fourth-order valence-electron chi connectivity index (χ4n) is 2.15. The van der Waals surface area contributed by atoms with E-state index in [0.717, 1.165) is 17.5 Å². The number of hydrogen-bond acceptors (Lipinski definition) is 2. The Morgan fingerprint density at radius 2 is 1.91 bits per heavy atom. The van der Waals surface area contributed by atoms with Crippen LogP contribution in [0.3, 0.4) is 0 Å². The van der Waals surface area contributed by atoms with Crippen LogP contribution in [0.15, 0.2) is 42.5 Å². The summed E-state index contributed by atoms with van der Waals surface area (Å²) in [6.45, 7) is 2.38. The maximum absolute atomic E-state index is 13.7. The normalized spacial score (nSPS) is 10.5. The van der Waals surface area contributed by atoms with E-state index >= 15 is 0 Å². The molecular weight excluding hydrogens is 281 g/mol. The highest BCUT2D eigenvalue weighted by atomic mass is 19.1. The lowest BCUT2D eigenvalue weighted by atomic mass is 10.0. The minimum absolute atomic E-state index is 0.129. The number of carbonyl (C=O) groups excluding carboxylic acids is 1. The van der Waals surface area contributed by atoms with E-state index in [1.165, 1.54) is 6.07 Å². The lowest BCUT2D eigenvalue weighted by Crippen LogP contribution is -2.24. The van der Waals surface area contributed by atoms with Crippen molar-refractivity contribution in [3.8, 4) is 11.1 Å². The van der Waals surface area contributed by atoms with E-state index in [1.54, 1.807) is 31.2 Å². The molecule has 0 aliphatic carbocycles. The maximum atomic E-state index is 13.7. The maximum Gasteiger partial charge on any atom is 0.251 e. The molecule has 0 saturated carbocycles. The molecule has 0 unspecified atom stereocenters. The summed E-state index contributed by atoms with van der Waals surface area (Å²) >= 11 is 0. The van der Waals surface area contributed by atoms with Gasteiger partial charge in [0.2, 0.25) is 0 Å². The predicted octanol–water partition coefficient (Wildman–Crippen LogP) is 3.30. The van der Waals surface area contributed by atoms with Crippen LogP contribution in [0.1, 0.15) is 28.8 Å². The van der Waals surface area contributed by atoms with Crippen LogP contribution in [0.5, 0.6) is 0 Å². The van der Waals surface area contributed by atoms with Gasteiger partial charge in [-0.05, 0) is 54.7 Å². The first-order valence-corrected chi connectivity index (χ1v) is 7.37. The van der Waals surface area contributed by atoms with Gasteiger partial charge in [0.1, 0.15) is 5.82 Å². The number of aliphatic hydroxyl groups excluding tert-OH is 1. The van der Waals surface area contributed by atoms with Crippen LogP contribution in [0, 0.1) is 12.7 Å². The van der Waals surface area contributed by atoms with E-state index in [-0.39, 0.29) is 18.3 Å². The average molecular weight is 301 g/mol. The summed E-state index contributed by atoms with van der Waals surface area (Å²) in [5.74, 6) is -0.413. The Bertz CT molecular complexity index is 655. The molecule has 2 N–H and O–H groups in total. The number of nitrogens with one attached hydrogen (secondary N) is 1. The zero-order valence-corrected chi connectivity index (χ0v) is 12.6. The van der Waals surface area contributed by atoms with Crippen molar-refractivity contribution in [2.75, 3.05) is 13.2 Å². The zero-order valence-electron chi connectivity index (χ0n) is 12.6. The second-order valence-corrected chi connectivity index (χ2v) is 5.23. The molecule has 0 heterocycles. The summed E-state index contributed by atoms with van der Waals surface area (Å²) < 4.78 is 13.7. The minimum Gasteiger partial charge on any atom is -0.396 e. The molecule has 4 heteroatoms. The summed E-state index contributed by atoms with van der Waals surface area (Å²) in [6, 6.07) is 12.2. The summed E-state index contributed by atoms with van der Waals surface area (Å²) in [7, 11) is 0. The van der Waals surface area contributed by atoms with E-state index in [2.05, 4.69) is 5.32 Å². The van der Waals surface area contributed by atoms with Gasteiger partial charge in [0.15, 0.2) is 0 Å². The third kappa shape index (κ3) is 4.15. The molecule has 0 radical (unpaired) electrons. The molecule has 0 fully saturated rings. The number of aliphatic hydroxyl groups is 1. The summed E-state index contributed by atoms with van der Waals surface area (Å²) in [5.41, 5.74) is 2.70. The van der Waals surface area contributed by atoms with E-state index in [4.69, 9.17) is 5.11 Å². The van der Waals surface area contributed by atoms with Crippen LogP contribution in [-0.2, 0) is 0 Å². The third-order valence-corrected chi connectivity index (χ3v) is 3.50. The Morgan fingerprint density at radius 3 is 2.64 bits per heavy atom. The van der Waals surface area contributed by atoms with Gasteiger partial charge in [0, 0.05) is 18.7 Å². The van der Waals surface area contributed by atoms with E-state index < -0.39 is 0 Å². The molecule has 2 rings (SSSR count). The number of carbonyl (C=O) groups is 1. The fourth-order valence-corrected chi connectivity index (χ4v) is 2.15. The number of aryl methyl sites for hydroxylation is 1. The van der Waals surface area contributed by atoms with Crippen LogP contribution in [0.4, 0.5) is 4.39 Å². The van der Waals surface area contributed by atoms with Gasteiger partial charge >= 0.3 is 0 Å². The SMILES string of the molecule is Cc1ccc(-c2cccc(C(=O)NCCCCO)c2)cc1F. The second-order valence-electron chi connectivity index (χ2n) is 5.23. The van der Waals surface area contributed by atoms with Crippen molar-refractivity contribution < 1.29 is 14.3 Å². The Balaban J connectivity index is 2.12. The number of halogens is 1. The lowest BCUT2D eigenvalue weighted by Gasteiger charge is -2.08. The first kappa shape index (κ1) is 16.2. The van der Waals surface area contributed by atoms with Gasteiger partial charge in [-0.3, -0.25) is 4.79 Å². The Labute approximate surface area is 129 Å². The number of rotatable bonds is 6. The number of benzene rings is 2. The first-order chi connectivity index (χ1) is 10.6. The van der Waals surface area contributed by atoms with Gasteiger partial charge in [0.25, 0.3) is 5.91 Å². The molecule has 116 valence electrons. The zero-order chi connectivity index (χ0) is 15.9. The van der Waals surface area contributed by atoms with Crippen molar-refractivity contribution in [1.29, 1.82) is 0 Å². The van der Waals surface area contributed by atoms with Gasteiger partial charge < -0.3 is 10.4 Å². The van der Waals surface area contributed by atoms with Crippen LogP contribution < -0.4 is 5.32 Å². The minimum atomic E-state index is -0.253. The quantitative estimate of drug-likeness (QED) is 0.804. The molecule has 0 bridgehead atoms. The largest absolute Gasteiger partial charge is 0.396 e. The average Bonchev–Trinajstić information content (AvgIpc) is 2.54. The highest BCUT2D eigenvalue weighted by Gasteiger charge is 2.07. The standard InChI is InChI=1S/C18H20FNO2/c1-13-7-8-15(12-17(13)19)14-5-4-6-16(11-14)18(22)20-9-2-3-10-21/h4-8,11-12,21H,2-3,9-10H2,1H3,(H,20,22). The van der Waals surface area contributed by atoms with E-state index in [0.29, 0.717) is 24.1 Å². The topological polar surface area (TPSA) is 49.3 Å². The number of hydrogen-bond donors (Lipinski definition) is 2. The second kappa shape index (κ2) is 7.71. The molecule has 3 nitrogen and oxygen atoms in total. The van der Waals surface area contributed by atoms with Gasteiger partial charge in [-0.2, -0.15) is 0 Å². The van der Waals surface area contributed by atoms with Crippen molar-refractivity contribution in [2.24, 2.45) is 0 Å². The molecule has 0 saturated heterocycles. The molecule has 1 amide bonds. The lowest BCUT2D eigenvalue weighted by molar-refractivity contribution is 0.0952. The molecule has 0 atom stereocenters. The van der Waals surface area contributed by atoms with Crippen LogP contribution in [0.25, 0.3) is 11.1 Å². The Hall–Kier alpha value is -2.20. The molecule has 0 aliphatic rings. The Kier molecular flexibility index (Phi) is 5.67. The van der Waals surface area contributed by atoms with Gasteiger partial charge in [-0.25, -0.2) is 4.39 Å². The third-order valence-electron chi connectivity index (χ3n) is 3.50. The van der Waals surface area contributed by atoms with E-state index in [9.17, 15) is 9.18 Å². The predicted molar refractivity (Wildman–Crippen MR) is 85.2 cm³/mol. The van der Waals surface area contributed by atoms with Gasteiger partial charge in [-0.15, -0.1) is 0 Å². The molecule has 2 aromatic rings. The van der Waals surface area contributed by atoms with Crippen LogP contribution >= 0.6 is 0 Å². The molecule has 0 aromatic heterocycles. The first-order valence-electron chi connectivity index (χ1n) is 7.37. The number of unbranched alkanes of at least 4 members (excludes halogenated alkanes) is 1. The van der Waals surface area contributed by atoms with Crippen molar-refractivity contribution >= 4 is 5.91 Å². The molecule has 0 spiro atoms. The molecule has 0 aliphatic heterocycles. The van der Waals surface area contributed by atoms with Crippen LogP contribution in [0.2, 0.25) is 0 Å². The highest BCUT2D eigenvalue weighted by molar-refractivity contribution is 5.95. The van der Waals surface area contributed by atoms with E-state index in [1.807, 2.05) is 12.1 Å². The summed E-state index contributed by atoms with van der Waals surface area (Å²) in [4.78, 5) is 12.1. The summed E-state index contributed by atoms with van der Waals surface area (Å²) in [6.07, 6.45) is 1.41. The van der Waals surface area contributed by atoms with Crippen molar-refractivity contribution in [3.05, 3.63) is 59.4 Å². The Morgan fingerprint density at radius 1 is 1.14 bits per heavy atom. The van der Waals surface area contributed by atoms with Gasteiger partial charge in [0.05, 0.1) is 0 Å². The highest BCUT2D eigenvalue weighted by Crippen LogP contribution is 2.22.